The van der Waals surface area contributed by atoms with Crippen LogP contribution in [0, 0.1) is 5.92 Å². The van der Waals surface area contributed by atoms with E-state index in [0.29, 0.717) is 5.91 Å². The zero-order valence-electron chi connectivity index (χ0n) is 14.6. The molecule has 1 amide bonds. The number of amides is 1. The average Bonchev–Trinajstić information content (AvgIpc) is 2.64. The molecule has 1 saturated heterocycles. The van der Waals surface area contributed by atoms with Crippen molar-refractivity contribution >= 4 is 27.9 Å². The minimum atomic E-state index is -0.196. The van der Waals surface area contributed by atoms with E-state index in [4.69, 9.17) is 0 Å². The smallest absolute Gasteiger partial charge is 0.225 e. The highest BCUT2D eigenvalue weighted by Gasteiger charge is 2.30. The Labute approximate surface area is 158 Å². The Morgan fingerprint density at radius 2 is 1.72 bits per heavy atom. The molecule has 1 heterocycles. The summed E-state index contributed by atoms with van der Waals surface area (Å²) in [5, 5.41) is 9.59. The molecule has 1 aliphatic carbocycles. The van der Waals surface area contributed by atoms with E-state index in [-0.39, 0.29) is 12.0 Å². The van der Waals surface area contributed by atoms with Crippen molar-refractivity contribution in [2.45, 2.75) is 31.8 Å². The van der Waals surface area contributed by atoms with Crippen LogP contribution in [0.1, 0.15) is 31.2 Å². The number of hydrogen-bond donors (Lipinski definition) is 1. The lowest BCUT2D eigenvalue weighted by Crippen LogP contribution is -2.50. The van der Waals surface area contributed by atoms with Crippen molar-refractivity contribution in [1.82, 2.24) is 9.80 Å². The van der Waals surface area contributed by atoms with Gasteiger partial charge in [-0.15, -0.1) is 0 Å². The summed E-state index contributed by atoms with van der Waals surface area (Å²) in [6.07, 6.45) is 7.39. The second kappa shape index (κ2) is 8.97. The van der Waals surface area contributed by atoms with Gasteiger partial charge in [0.05, 0.1) is 6.10 Å². The standard InChI is InChI=1S/C20H27BrN2O2/c21-18-7-3-16(4-8-18)2-1-11-22-12-14-23(15-13-22)20(25)17-5-9-19(24)10-6-17/h1-4,7-8,17,19,24H,5-6,9-15H2/b2-1+. The van der Waals surface area contributed by atoms with Crippen LogP contribution in [0.2, 0.25) is 0 Å². The summed E-state index contributed by atoms with van der Waals surface area (Å²) in [7, 11) is 0. The van der Waals surface area contributed by atoms with Crippen molar-refractivity contribution in [1.29, 1.82) is 0 Å². The summed E-state index contributed by atoms with van der Waals surface area (Å²) in [5.74, 6) is 0.434. The maximum Gasteiger partial charge on any atom is 0.225 e. The molecule has 1 aromatic rings. The molecule has 2 aliphatic rings. The summed E-state index contributed by atoms with van der Waals surface area (Å²) < 4.78 is 1.10. The van der Waals surface area contributed by atoms with E-state index in [1.54, 1.807) is 0 Å². The lowest BCUT2D eigenvalue weighted by molar-refractivity contribution is -0.138. The Hall–Kier alpha value is -1.17. The van der Waals surface area contributed by atoms with Crippen molar-refractivity contribution in [3.8, 4) is 0 Å². The Bertz CT molecular complexity index is 586. The molecule has 25 heavy (non-hydrogen) atoms. The molecule has 0 aromatic heterocycles. The van der Waals surface area contributed by atoms with Crippen LogP contribution < -0.4 is 0 Å². The van der Waals surface area contributed by atoms with Gasteiger partial charge in [0.15, 0.2) is 0 Å². The van der Waals surface area contributed by atoms with E-state index in [2.05, 4.69) is 45.1 Å². The molecule has 4 nitrogen and oxygen atoms in total. The van der Waals surface area contributed by atoms with Crippen LogP contribution in [0.5, 0.6) is 0 Å². The number of aliphatic hydroxyl groups is 1. The first-order chi connectivity index (χ1) is 12.1. The largest absolute Gasteiger partial charge is 0.393 e. The van der Waals surface area contributed by atoms with Crippen molar-refractivity contribution in [3.63, 3.8) is 0 Å². The fourth-order valence-electron chi connectivity index (χ4n) is 3.64. The van der Waals surface area contributed by atoms with Gasteiger partial charge in [-0.3, -0.25) is 9.69 Å². The van der Waals surface area contributed by atoms with E-state index >= 15 is 0 Å². The van der Waals surface area contributed by atoms with Crippen LogP contribution in [0.25, 0.3) is 6.08 Å². The van der Waals surface area contributed by atoms with Gasteiger partial charge in [-0.1, -0.05) is 40.2 Å². The number of rotatable bonds is 4. The van der Waals surface area contributed by atoms with Gasteiger partial charge in [-0.05, 0) is 43.4 Å². The lowest BCUT2D eigenvalue weighted by atomic mass is 9.86. The maximum atomic E-state index is 12.6. The molecule has 136 valence electrons. The summed E-state index contributed by atoms with van der Waals surface area (Å²) >= 11 is 3.45. The Morgan fingerprint density at radius 3 is 2.36 bits per heavy atom. The summed E-state index contributed by atoms with van der Waals surface area (Å²) in [6, 6.07) is 8.29. The third-order valence-corrected chi connectivity index (χ3v) is 5.80. The monoisotopic (exact) mass is 406 g/mol. The fourth-order valence-corrected chi connectivity index (χ4v) is 3.91. The number of benzene rings is 1. The first-order valence-corrected chi connectivity index (χ1v) is 10.0. The zero-order chi connectivity index (χ0) is 17.6. The molecular formula is C20H27BrN2O2. The third-order valence-electron chi connectivity index (χ3n) is 5.27. The van der Waals surface area contributed by atoms with Gasteiger partial charge in [0.2, 0.25) is 5.91 Å². The van der Waals surface area contributed by atoms with E-state index < -0.39 is 0 Å². The zero-order valence-corrected chi connectivity index (χ0v) is 16.2. The number of piperazine rings is 1. The number of carbonyl (C=O) groups excluding carboxylic acids is 1. The highest BCUT2D eigenvalue weighted by Crippen LogP contribution is 2.26. The molecule has 1 aromatic carbocycles. The van der Waals surface area contributed by atoms with Crippen molar-refractivity contribution in [3.05, 3.63) is 40.4 Å². The van der Waals surface area contributed by atoms with Crippen molar-refractivity contribution in [2.75, 3.05) is 32.7 Å². The normalized spacial score (nSPS) is 25.4. The second-order valence-corrected chi connectivity index (χ2v) is 8.00. The van der Waals surface area contributed by atoms with Crippen LogP contribution in [0.15, 0.2) is 34.8 Å². The Kier molecular flexibility index (Phi) is 6.68. The molecule has 0 atom stereocenters. The highest BCUT2D eigenvalue weighted by molar-refractivity contribution is 9.10. The van der Waals surface area contributed by atoms with Crippen molar-refractivity contribution < 1.29 is 9.90 Å². The van der Waals surface area contributed by atoms with Gasteiger partial charge in [0.25, 0.3) is 0 Å². The van der Waals surface area contributed by atoms with Crippen LogP contribution in [-0.2, 0) is 4.79 Å². The van der Waals surface area contributed by atoms with E-state index in [1.807, 2.05) is 17.0 Å². The molecule has 1 N–H and O–H groups in total. The van der Waals surface area contributed by atoms with Crippen LogP contribution in [0.4, 0.5) is 0 Å². The van der Waals surface area contributed by atoms with Crippen LogP contribution >= 0.6 is 15.9 Å². The molecule has 0 bridgehead atoms. The van der Waals surface area contributed by atoms with E-state index in [0.717, 1.165) is 62.9 Å². The van der Waals surface area contributed by atoms with Crippen molar-refractivity contribution in [2.24, 2.45) is 5.92 Å². The molecule has 1 saturated carbocycles. The quantitative estimate of drug-likeness (QED) is 0.834. The summed E-state index contributed by atoms with van der Waals surface area (Å²) in [5.41, 5.74) is 1.21. The van der Waals surface area contributed by atoms with Gasteiger partial charge in [-0.25, -0.2) is 0 Å². The van der Waals surface area contributed by atoms with Gasteiger partial charge in [0.1, 0.15) is 0 Å². The number of hydrogen-bond acceptors (Lipinski definition) is 3. The SMILES string of the molecule is O=C(C1CCC(O)CC1)N1CCN(C/C=C/c2ccc(Br)cc2)CC1. The molecular weight excluding hydrogens is 380 g/mol. The van der Waals surface area contributed by atoms with Crippen LogP contribution in [0.3, 0.4) is 0 Å². The predicted octanol–water partition coefficient (Wildman–Crippen LogP) is 3.16. The minimum absolute atomic E-state index is 0.132. The van der Waals surface area contributed by atoms with Gasteiger partial charge in [0, 0.05) is 43.1 Å². The first kappa shape index (κ1) is 18.6. The average molecular weight is 407 g/mol. The molecule has 2 fully saturated rings. The Morgan fingerprint density at radius 1 is 1.08 bits per heavy atom. The summed E-state index contributed by atoms with van der Waals surface area (Å²) in [4.78, 5) is 17.0. The number of nitrogens with zero attached hydrogens (tertiary/aromatic N) is 2. The molecule has 5 heteroatoms. The van der Waals surface area contributed by atoms with Gasteiger partial charge < -0.3 is 10.0 Å². The number of halogens is 1. The molecule has 0 spiro atoms. The highest BCUT2D eigenvalue weighted by atomic mass is 79.9. The van der Waals surface area contributed by atoms with Gasteiger partial charge >= 0.3 is 0 Å². The number of carbonyl (C=O) groups is 1. The second-order valence-electron chi connectivity index (χ2n) is 7.09. The third kappa shape index (κ3) is 5.40. The van der Waals surface area contributed by atoms with Gasteiger partial charge in [-0.2, -0.15) is 0 Å². The molecule has 0 radical (unpaired) electrons. The lowest BCUT2D eigenvalue weighted by Gasteiger charge is -2.37. The fraction of sp³-hybridized carbons (Fsp3) is 0.550. The molecule has 1 aliphatic heterocycles. The van der Waals surface area contributed by atoms with E-state index in [9.17, 15) is 9.90 Å². The first-order valence-electron chi connectivity index (χ1n) is 9.23. The minimum Gasteiger partial charge on any atom is -0.393 e. The maximum absolute atomic E-state index is 12.6. The Balaban J connectivity index is 1.41. The van der Waals surface area contributed by atoms with Crippen LogP contribution in [-0.4, -0.2) is 59.6 Å². The summed E-state index contributed by atoms with van der Waals surface area (Å²) in [6.45, 7) is 4.44. The predicted molar refractivity (Wildman–Crippen MR) is 104 cm³/mol. The molecule has 3 rings (SSSR count). The van der Waals surface area contributed by atoms with E-state index in [1.165, 1.54) is 5.56 Å². The molecule has 0 unspecified atom stereocenters. The topological polar surface area (TPSA) is 43.8 Å². The number of aliphatic hydroxyl groups excluding tert-OH is 1.